The molecule has 0 aliphatic rings. The molecule has 2 aromatic rings. The van der Waals surface area contributed by atoms with E-state index in [1.54, 1.807) is 4.90 Å². The highest BCUT2D eigenvalue weighted by Gasteiger charge is 2.17. The minimum Gasteiger partial charge on any atom is -0.361 e. The second-order valence-corrected chi connectivity index (χ2v) is 6.78. The van der Waals surface area contributed by atoms with E-state index >= 15 is 0 Å². The molecule has 6 nitrogen and oxygen atoms in total. The number of para-hydroxylation sites is 1. The van der Waals surface area contributed by atoms with Crippen molar-refractivity contribution in [1.29, 1.82) is 0 Å². The molecular weight excluding hydrogens is 348 g/mol. The SMILES string of the molecule is CCN(CC(=O)NCCS)C(=O)CN(C)CCc1c[nH]c2ccccc12. The molecule has 0 fully saturated rings. The molecule has 0 spiro atoms. The number of nitrogens with zero attached hydrogens (tertiary/aromatic N) is 2. The van der Waals surface area contributed by atoms with Gasteiger partial charge in [0.2, 0.25) is 11.8 Å². The first-order valence-electron chi connectivity index (χ1n) is 8.94. The predicted molar refractivity (Wildman–Crippen MR) is 109 cm³/mol. The number of H-pyrrole nitrogens is 1. The topological polar surface area (TPSA) is 68.4 Å². The third kappa shape index (κ3) is 5.78. The molecule has 2 rings (SSSR count). The molecule has 0 aliphatic carbocycles. The monoisotopic (exact) mass is 376 g/mol. The van der Waals surface area contributed by atoms with Gasteiger partial charge in [-0.25, -0.2) is 0 Å². The van der Waals surface area contributed by atoms with Gasteiger partial charge in [-0.1, -0.05) is 18.2 Å². The van der Waals surface area contributed by atoms with Gasteiger partial charge >= 0.3 is 0 Å². The number of likely N-dealkylation sites (N-methyl/N-ethyl adjacent to an activating group) is 2. The van der Waals surface area contributed by atoms with Gasteiger partial charge in [0.15, 0.2) is 0 Å². The first-order valence-corrected chi connectivity index (χ1v) is 9.57. The highest BCUT2D eigenvalue weighted by molar-refractivity contribution is 7.80. The zero-order valence-electron chi connectivity index (χ0n) is 15.5. The van der Waals surface area contributed by atoms with Crippen LogP contribution >= 0.6 is 12.6 Å². The van der Waals surface area contributed by atoms with Crippen LogP contribution in [0.5, 0.6) is 0 Å². The van der Waals surface area contributed by atoms with Gasteiger partial charge in [0, 0.05) is 42.5 Å². The first-order chi connectivity index (χ1) is 12.5. The van der Waals surface area contributed by atoms with E-state index in [-0.39, 0.29) is 18.4 Å². The van der Waals surface area contributed by atoms with Crippen molar-refractivity contribution in [2.45, 2.75) is 13.3 Å². The van der Waals surface area contributed by atoms with Crippen LogP contribution in [0.1, 0.15) is 12.5 Å². The Hall–Kier alpha value is -1.99. The number of carbonyl (C=O) groups excluding carboxylic acids is 2. The number of rotatable bonds is 10. The summed E-state index contributed by atoms with van der Waals surface area (Å²) in [5.74, 6) is 0.410. The van der Waals surface area contributed by atoms with Crippen LogP contribution in [0, 0.1) is 0 Å². The molecule has 1 heterocycles. The van der Waals surface area contributed by atoms with E-state index in [0.29, 0.717) is 25.4 Å². The van der Waals surface area contributed by atoms with Gasteiger partial charge in [-0.15, -0.1) is 0 Å². The molecule has 142 valence electrons. The van der Waals surface area contributed by atoms with Gasteiger partial charge in [-0.3, -0.25) is 14.5 Å². The molecule has 1 aromatic heterocycles. The molecule has 0 bridgehead atoms. The van der Waals surface area contributed by atoms with Crippen molar-refractivity contribution < 1.29 is 9.59 Å². The Balaban J connectivity index is 1.82. The quantitative estimate of drug-likeness (QED) is 0.551. The number of fused-ring (bicyclic) bond motifs is 1. The van der Waals surface area contributed by atoms with Crippen LogP contribution in [0.3, 0.4) is 0 Å². The van der Waals surface area contributed by atoms with Crippen molar-refractivity contribution in [3.8, 4) is 0 Å². The Kier molecular flexibility index (Phi) is 8.00. The maximum absolute atomic E-state index is 12.5. The second-order valence-electron chi connectivity index (χ2n) is 6.33. The van der Waals surface area contributed by atoms with Crippen molar-refractivity contribution in [2.75, 3.05) is 45.5 Å². The molecule has 26 heavy (non-hydrogen) atoms. The summed E-state index contributed by atoms with van der Waals surface area (Å²) in [6, 6.07) is 8.21. The van der Waals surface area contributed by atoms with E-state index in [1.807, 2.05) is 37.2 Å². The molecule has 0 unspecified atom stereocenters. The molecule has 0 saturated heterocycles. The first kappa shape index (κ1) is 20.3. The van der Waals surface area contributed by atoms with Crippen molar-refractivity contribution >= 4 is 35.3 Å². The molecular formula is C19H28N4O2S. The highest BCUT2D eigenvalue weighted by atomic mass is 32.1. The fourth-order valence-corrected chi connectivity index (χ4v) is 2.97. The smallest absolute Gasteiger partial charge is 0.239 e. The van der Waals surface area contributed by atoms with Crippen LogP contribution < -0.4 is 5.32 Å². The molecule has 0 aliphatic heterocycles. The van der Waals surface area contributed by atoms with E-state index < -0.39 is 0 Å². The highest BCUT2D eigenvalue weighted by Crippen LogP contribution is 2.18. The van der Waals surface area contributed by atoms with Crippen LogP contribution in [-0.4, -0.2) is 72.1 Å². The van der Waals surface area contributed by atoms with E-state index in [2.05, 4.69) is 35.1 Å². The van der Waals surface area contributed by atoms with Gasteiger partial charge in [0.1, 0.15) is 0 Å². The number of aromatic amines is 1. The molecule has 7 heteroatoms. The molecule has 2 amide bonds. The third-order valence-electron chi connectivity index (χ3n) is 4.35. The van der Waals surface area contributed by atoms with Gasteiger partial charge in [-0.05, 0) is 32.0 Å². The summed E-state index contributed by atoms with van der Waals surface area (Å²) < 4.78 is 0. The van der Waals surface area contributed by atoms with Gasteiger partial charge < -0.3 is 15.2 Å². The van der Waals surface area contributed by atoms with Crippen molar-refractivity contribution in [3.63, 3.8) is 0 Å². The summed E-state index contributed by atoms with van der Waals surface area (Å²) in [6.07, 6.45) is 2.90. The molecule has 0 radical (unpaired) electrons. The van der Waals surface area contributed by atoms with Crippen LogP contribution in [0.25, 0.3) is 10.9 Å². The van der Waals surface area contributed by atoms with Crippen molar-refractivity contribution in [3.05, 3.63) is 36.0 Å². The zero-order valence-corrected chi connectivity index (χ0v) is 16.4. The number of carbonyl (C=O) groups is 2. The maximum Gasteiger partial charge on any atom is 0.239 e. The summed E-state index contributed by atoms with van der Waals surface area (Å²) >= 11 is 4.06. The van der Waals surface area contributed by atoms with E-state index in [4.69, 9.17) is 0 Å². The fourth-order valence-electron chi connectivity index (χ4n) is 2.86. The second kappa shape index (κ2) is 10.2. The molecule has 0 atom stereocenters. The fraction of sp³-hybridized carbons (Fsp3) is 0.474. The number of thiol groups is 1. The Labute approximate surface area is 160 Å². The minimum atomic E-state index is -0.143. The lowest BCUT2D eigenvalue weighted by Crippen LogP contribution is -2.45. The number of nitrogens with one attached hydrogen (secondary N) is 2. The maximum atomic E-state index is 12.5. The Bertz CT molecular complexity index is 731. The van der Waals surface area contributed by atoms with Crippen LogP contribution in [0.2, 0.25) is 0 Å². The van der Waals surface area contributed by atoms with E-state index in [0.717, 1.165) is 18.5 Å². The Morgan fingerprint density at radius 3 is 2.73 bits per heavy atom. The number of hydrogen-bond acceptors (Lipinski definition) is 4. The van der Waals surface area contributed by atoms with Gasteiger partial charge in [-0.2, -0.15) is 12.6 Å². The van der Waals surface area contributed by atoms with Crippen LogP contribution in [-0.2, 0) is 16.0 Å². The number of aromatic nitrogens is 1. The Morgan fingerprint density at radius 2 is 2.00 bits per heavy atom. The summed E-state index contributed by atoms with van der Waals surface area (Å²) in [5, 5.41) is 3.96. The minimum absolute atomic E-state index is 0.0325. The molecule has 2 N–H and O–H groups in total. The summed E-state index contributed by atoms with van der Waals surface area (Å²) in [7, 11) is 1.93. The summed E-state index contributed by atoms with van der Waals surface area (Å²) in [5.41, 5.74) is 2.38. The van der Waals surface area contributed by atoms with Crippen molar-refractivity contribution in [1.82, 2.24) is 20.1 Å². The normalized spacial score (nSPS) is 11.1. The third-order valence-corrected chi connectivity index (χ3v) is 4.57. The molecule has 1 aromatic carbocycles. The number of benzene rings is 1. The zero-order chi connectivity index (χ0) is 18.9. The average molecular weight is 377 g/mol. The lowest BCUT2D eigenvalue weighted by Gasteiger charge is -2.24. The lowest BCUT2D eigenvalue weighted by molar-refractivity contribution is -0.136. The summed E-state index contributed by atoms with van der Waals surface area (Å²) in [4.78, 5) is 31.1. The number of hydrogen-bond donors (Lipinski definition) is 3. The standard InChI is InChI=1S/C19H28N4O2S/c1-3-23(13-18(24)20-9-11-26)19(25)14-22(2)10-8-15-12-21-17-7-5-4-6-16(15)17/h4-7,12,21,26H,3,8-11,13-14H2,1-2H3,(H,20,24). The van der Waals surface area contributed by atoms with E-state index in [1.165, 1.54) is 10.9 Å². The molecule has 0 saturated carbocycles. The predicted octanol–water partition coefficient (Wildman–Crippen LogP) is 1.54. The van der Waals surface area contributed by atoms with Gasteiger partial charge in [0.25, 0.3) is 0 Å². The average Bonchev–Trinajstić information content (AvgIpc) is 3.05. The van der Waals surface area contributed by atoms with Crippen molar-refractivity contribution in [2.24, 2.45) is 0 Å². The van der Waals surface area contributed by atoms with Crippen LogP contribution in [0.4, 0.5) is 0 Å². The summed E-state index contributed by atoms with van der Waals surface area (Å²) in [6.45, 7) is 4.09. The Morgan fingerprint density at radius 1 is 1.23 bits per heavy atom. The largest absolute Gasteiger partial charge is 0.361 e. The van der Waals surface area contributed by atoms with Crippen LogP contribution in [0.15, 0.2) is 30.5 Å². The number of amides is 2. The lowest BCUT2D eigenvalue weighted by atomic mass is 10.1. The van der Waals surface area contributed by atoms with Gasteiger partial charge in [0.05, 0.1) is 13.1 Å². The van der Waals surface area contributed by atoms with E-state index in [9.17, 15) is 9.59 Å².